The minimum Gasteiger partial charge on any atom is -0.472 e. The maximum atomic E-state index is 13.0. The first-order valence-corrected chi connectivity index (χ1v) is 9.30. The van der Waals surface area contributed by atoms with Crippen molar-refractivity contribution in [2.75, 3.05) is 13.2 Å². The van der Waals surface area contributed by atoms with Gasteiger partial charge in [0.25, 0.3) is 11.5 Å². The number of hydrogen-bond acceptors (Lipinski definition) is 6. The van der Waals surface area contributed by atoms with Crippen LogP contribution in [0, 0.1) is 3.57 Å². The molecule has 0 aliphatic heterocycles. The lowest BCUT2D eigenvalue weighted by atomic mass is 10.1. The fraction of sp³-hybridized carbons (Fsp3) is 0.375. The van der Waals surface area contributed by atoms with Gasteiger partial charge in [0.2, 0.25) is 12.3 Å². The van der Waals surface area contributed by atoms with E-state index in [2.05, 4.69) is 27.6 Å². The van der Waals surface area contributed by atoms with Crippen molar-refractivity contribution in [3.05, 3.63) is 38.3 Å². The van der Waals surface area contributed by atoms with Crippen LogP contribution in [0.4, 0.5) is 8.78 Å². The Balaban J connectivity index is 2.37. The molecule has 0 spiro atoms. The van der Waals surface area contributed by atoms with Gasteiger partial charge in [-0.1, -0.05) is 0 Å². The molecule has 0 aliphatic carbocycles. The van der Waals surface area contributed by atoms with Crippen LogP contribution in [0.15, 0.2) is 29.2 Å². The highest BCUT2D eigenvalue weighted by Crippen LogP contribution is 2.30. The molecule has 142 valence electrons. The molecule has 0 aromatic carbocycles. The minimum atomic E-state index is -3.00. The molecular weight excluding hydrogens is 481 g/mol. The van der Waals surface area contributed by atoms with E-state index in [1.54, 1.807) is 12.3 Å². The summed E-state index contributed by atoms with van der Waals surface area (Å²) in [5.41, 5.74) is 0.138. The summed E-state index contributed by atoms with van der Waals surface area (Å²) in [4.78, 5) is 16.9. The zero-order valence-corrected chi connectivity index (χ0v) is 17.3. The van der Waals surface area contributed by atoms with E-state index in [0.717, 1.165) is 27.4 Å². The minimum absolute atomic E-state index is 0.0388. The van der Waals surface area contributed by atoms with Gasteiger partial charge in [0, 0.05) is 23.7 Å². The average Bonchev–Trinajstić information content (AvgIpc) is 2.56. The number of pyridine rings is 2. The van der Waals surface area contributed by atoms with Crippen molar-refractivity contribution in [2.24, 2.45) is 7.05 Å². The van der Waals surface area contributed by atoms with Crippen molar-refractivity contribution in [3.63, 3.8) is 0 Å². The number of hydrogen-bond donors (Lipinski definition) is 0. The quantitative estimate of drug-likeness (QED) is 0.311. The first-order chi connectivity index (χ1) is 12.2. The summed E-state index contributed by atoms with van der Waals surface area (Å²) in [5, 5.41) is 0. The van der Waals surface area contributed by atoms with Gasteiger partial charge >= 0.3 is 0 Å². The molecular formula is C16H17F2IN2O4S. The first-order valence-electron chi connectivity index (χ1n) is 7.55. The molecule has 0 bridgehead atoms. The van der Waals surface area contributed by atoms with Crippen LogP contribution in [0.25, 0.3) is 11.3 Å². The van der Waals surface area contributed by atoms with Crippen LogP contribution < -0.4 is 14.5 Å². The highest BCUT2D eigenvalue weighted by Gasteiger charge is 2.23. The molecule has 10 heteroatoms. The van der Waals surface area contributed by atoms with Crippen LogP contribution in [-0.2, 0) is 11.2 Å². The molecule has 0 fully saturated rings. The Bertz CT molecular complexity index is 827. The number of nitrogens with zero attached hydrogens (tertiary/aromatic N) is 2. The Morgan fingerprint density at radius 3 is 2.77 bits per heavy atom. The number of halogens is 3. The summed E-state index contributed by atoms with van der Waals surface area (Å²) in [6.45, 7) is 2.20. The second-order valence-corrected chi connectivity index (χ2v) is 7.15. The Kier molecular flexibility index (Phi) is 7.24. The van der Waals surface area contributed by atoms with Crippen LogP contribution in [-0.4, -0.2) is 28.7 Å². The predicted octanol–water partition coefficient (Wildman–Crippen LogP) is 4.06. The van der Waals surface area contributed by atoms with E-state index < -0.39 is 18.1 Å². The van der Waals surface area contributed by atoms with Crippen molar-refractivity contribution in [3.8, 4) is 22.9 Å². The van der Waals surface area contributed by atoms with E-state index in [1.807, 2.05) is 6.92 Å². The summed E-state index contributed by atoms with van der Waals surface area (Å²) in [5.74, 6) is -2.60. The number of alkyl halides is 2. The van der Waals surface area contributed by atoms with Crippen molar-refractivity contribution >= 4 is 34.9 Å². The highest BCUT2D eigenvalue weighted by atomic mass is 127. The lowest BCUT2D eigenvalue weighted by Crippen LogP contribution is -2.26. The van der Waals surface area contributed by atoms with Gasteiger partial charge in [-0.15, -0.1) is 0 Å². The van der Waals surface area contributed by atoms with Crippen molar-refractivity contribution in [2.45, 2.75) is 19.8 Å². The molecule has 26 heavy (non-hydrogen) atoms. The van der Waals surface area contributed by atoms with Gasteiger partial charge in [-0.25, -0.2) is 8.78 Å². The van der Waals surface area contributed by atoms with Gasteiger partial charge < -0.3 is 8.92 Å². The summed E-state index contributed by atoms with van der Waals surface area (Å²) < 4.78 is 43.5. The molecule has 0 amide bonds. The lowest BCUT2D eigenvalue weighted by Gasteiger charge is -2.15. The van der Waals surface area contributed by atoms with Gasteiger partial charge in [0.05, 0.1) is 12.2 Å². The van der Waals surface area contributed by atoms with Crippen molar-refractivity contribution in [1.29, 1.82) is 0 Å². The molecule has 0 N–H and O–H groups in total. The average molecular weight is 498 g/mol. The fourth-order valence-electron chi connectivity index (χ4n) is 1.94. The number of rotatable bonds is 8. The number of ether oxygens (including phenoxy) is 1. The molecule has 2 heterocycles. The summed E-state index contributed by atoms with van der Waals surface area (Å²) in [6.07, 6.45) is 1.59. The molecule has 2 aromatic heterocycles. The molecule has 2 aromatic rings. The lowest BCUT2D eigenvalue weighted by molar-refractivity contribution is -0.0252. The summed E-state index contributed by atoms with van der Waals surface area (Å²) in [7, 11) is 1.44. The van der Waals surface area contributed by atoms with E-state index in [4.69, 9.17) is 13.1 Å². The third-order valence-corrected chi connectivity index (χ3v) is 4.27. The van der Waals surface area contributed by atoms with Crippen LogP contribution in [0.2, 0.25) is 0 Å². The van der Waals surface area contributed by atoms with E-state index in [-0.39, 0.29) is 11.4 Å². The highest BCUT2D eigenvalue weighted by molar-refractivity contribution is 14.1. The Labute approximate surface area is 167 Å². The molecule has 2 rings (SSSR count). The topological polar surface area (TPSA) is 62.6 Å². The van der Waals surface area contributed by atoms with E-state index in [9.17, 15) is 13.6 Å². The SMILES string of the molecule is CCOSOc1cc(I)cnc1-c1ccc(OCC(C)(F)F)n(C)c1=O. The first kappa shape index (κ1) is 20.9. The van der Waals surface area contributed by atoms with Crippen LogP contribution >= 0.6 is 34.9 Å². The van der Waals surface area contributed by atoms with Gasteiger partial charge in [-0.3, -0.25) is 18.5 Å². The van der Waals surface area contributed by atoms with E-state index >= 15 is 0 Å². The monoisotopic (exact) mass is 498 g/mol. The van der Waals surface area contributed by atoms with E-state index in [0.29, 0.717) is 18.1 Å². The fourth-order valence-corrected chi connectivity index (χ4v) is 2.71. The summed E-state index contributed by atoms with van der Waals surface area (Å²) >= 11 is 2.86. The molecule has 0 saturated carbocycles. The third kappa shape index (κ3) is 5.55. The van der Waals surface area contributed by atoms with Crippen LogP contribution in [0.1, 0.15) is 13.8 Å². The van der Waals surface area contributed by atoms with E-state index in [1.165, 1.54) is 19.2 Å². The predicted molar refractivity (Wildman–Crippen MR) is 104 cm³/mol. The summed E-state index contributed by atoms with van der Waals surface area (Å²) in [6, 6.07) is 4.64. The zero-order chi connectivity index (χ0) is 19.3. The Morgan fingerprint density at radius 2 is 2.12 bits per heavy atom. The van der Waals surface area contributed by atoms with Crippen LogP contribution in [0.5, 0.6) is 11.6 Å². The largest absolute Gasteiger partial charge is 0.472 e. The molecule has 6 nitrogen and oxygen atoms in total. The Morgan fingerprint density at radius 1 is 1.38 bits per heavy atom. The van der Waals surface area contributed by atoms with Crippen molar-refractivity contribution in [1.82, 2.24) is 9.55 Å². The normalized spacial score (nSPS) is 11.5. The standard InChI is InChI=1S/C16H17F2IN2O4S/c1-4-24-26-25-12-7-10(19)8-20-14(12)11-5-6-13(21(3)15(11)22)23-9-16(2,17)18/h5-8H,4,9H2,1-3H3. The molecule has 0 atom stereocenters. The van der Waals surface area contributed by atoms with Crippen LogP contribution in [0.3, 0.4) is 0 Å². The molecule has 0 unspecified atom stereocenters. The molecule has 0 aliphatic rings. The van der Waals surface area contributed by atoms with Gasteiger partial charge in [-0.2, -0.15) is 0 Å². The van der Waals surface area contributed by atoms with Crippen molar-refractivity contribution < 1.29 is 21.9 Å². The Hall–Kier alpha value is -1.40. The third-order valence-electron chi connectivity index (χ3n) is 3.10. The second kappa shape index (κ2) is 9.00. The smallest absolute Gasteiger partial charge is 0.278 e. The zero-order valence-electron chi connectivity index (χ0n) is 14.3. The second-order valence-electron chi connectivity index (χ2n) is 5.37. The van der Waals surface area contributed by atoms with Gasteiger partial charge in [0.15, 0.2) is 18.2 Å². The van der Waals surface area contributed by atoms with Gasteiger partial charge in [0.1, 0.15) is 5.69 Å². The molecule has 0 saturated heterocycles. The maximum Gasteiger partial charge on any atom is 0.278 e. The van der Waals surface area contributed by atoms with Gasteiger partial charge in [-0.05, 0) is 47.7 Å². The molecule has 0 radical (unpaired) electrons. The number of aromatic nitrogens is 2. The maximum absolute atomic E-state index is 13.0.